The lowest BCUT2D eigenvalue weighted by atomic mass is 9.58. The standard InChI is InChI=1S/2C15H22O5.C6H6O2/c2*1-8-4-5-11-9(2)12(16)17-13-15(11)10(8)6-7-14(3,18-13)19-20-15;7-5-2-1-3-6(8)4-5/h2*8-11,13H,4-7H2,1-3H3;1-4,7-8H/t2*8-,9-,10+,11+,13-,14-,15-;/m11./s1. The molecule has 0 amide bonds. The number of hydrogen-bond donors (Lipinski definition) is 2. The van der Waals surface area contributed by atoms with Crippen LogP contribution in [-0.4, -0.2) is 57.5 Å². The van der Waals surface area contributed by atoms with Gasteiger partial charge in [0.25, 0.3) is 0 Å². The quantitative estimate of drug-likeness (QED) is 0.250. The molecule has 2 aliphatic carbocycles. The maximum Gasteiger partial charge on any atom is 0.311 e. The largest absolute Gasteiger partial charge is 0.508 e. The third-order valence-corrected chi connectivity index (χ3v) is 12.8. The van der Waals surface area contributed by atoms with Gasteiger partial charge in [0.1, 0.15) is 11.5 Å². The van der Waals surface area contributed by atoms with E-state index in [1.54, 1.807) is 6.07 Å². The van der Waals surface area contributed by atoms with Gasteiger partial charge in [-0.1, -0.05) is 33.8 Å². The molecule has 2 saturated carbocycles. The predicted octanol–water partition coefficient (Wildman–Crippen LogP) is 5.89. The van der Waals surface area contributed by atoms with Crippen molar-refractivity contribution in [1.82, 2.24) is 0 Å². The molecule has 2 N–H and O–H groups in total. The molecule has 1 aromatic carbocycles. The number of rotatable bonds is 0. The molecule has 0 unspecified atom stereocenters. The zero-order valence-corrected chi connectivity index (χ0v) is 28.7. The molecule has 1 aromatic rings. The summed E-state index contributed by atoms with van der Waals surface area (Å²) in [4.78, 5) is 47.4. The Kier molecular flexibility index (Phi) is 8.56. The number of ether oxygens (including phenoxy) is 4. The second-order valence-electron chi connectivity index (χ2n) is 15.8. The van der Waals surface area contributed by atoms with Gasteiger partial charge in [-0.25, -0.2) is 19.6 Å². The first-order chi connectivity index (χ1) is 22.7. The normalized spacial score (nSPS) is 49.6. The van der Waals surface area contributed by atoms with Gasteiger partial charge in [-0.3, -0.25) is 9.59 Å². The molecule has 4 bridgehead atoms. The van der Waals surface area contributed by atoms with Crippen molar-refractivity contribution in [2.45, 2.75) is 128 Å². The second kappa shape index (κ2) is 12.1. The molecule has 10 aliphatic rings. The average Bonchev–Trinajstić information content (AvgIpc) is 3.41. The molecule has 12 nitrogen and oxygen atoms in total. The minimum absolute atomic E-state index is 0.0880. The minimum Gasteiger partial charge on any atom is -0.508 e. The van der Waals surface area contributed by atoms with Crippen LogP contribution in [0.4, 0.5) is 0 Å². The highest BCUT2D eigenvalue weighted by Gasteiger charge is 2.71. The van der Waals surface area contributed by atoms with Crippen molar-refractivity contribution in [1.29, 1.82) is 0 Å². The number of carbonyl (C=O) groups excluding carboxylic acids is 2. The first-order valence-electron chi connectivity index (χ1n) is 17.7. The summed E-state index contributed by atoms with van der Waals surface area (Å²) < 4.78 is 23.2. The van der Waals surface area contributed by atoms with E-state index in [2.05, 4.69) is 13.8 Å². The van der Waals surface area contributed by atoms with Crippen molar-refractivity contribution < 1.29 is 58.3 Å². The number of carbonyl (C=O) groups is 2. The fourth-order valence-electron chi connectivity index (χ4n) is 10.0. The van der Waals surface area contributed by atoms with Crippen LogP contribution in [-0.2, 0) is 48.1 Å². The number of phenols is 2. The summed E-state index contributed by atoms with van der Waals surface area (Å²) in [5.41, 5.74) is -1.22. The Morgan fingerprint density at radius 1 is 0.604 bits per heavy atom. The Morgan fingerprint density at radius 3 is 1.40 bits per heavy atom. The van der Waals surface area contributed by atoms with Crippen molar-refractivity contribution in [3.05, 3.63) is 24.3 Å². The molecule has 12 heteroatoms. The van der Waals surface area contributed by atoms with Crippen LogP contribution in [0.3, 0.4) is 0 Å². The number of phenolic OH excluding ortho intramolecular Hbond substituents is 2. The van der Waals surface area contributed by atoms with Gasteiger partial charge >= 0.3 is 11.9 Å². The number of aromatic hydroxyl groups is 2. The topological polar surface area (TPSA) is 148 Å². The van der Waals surface area contributed by atoms with Crippen molar-refractivity contribution in [2.75, 3.05) is 0 Å². The van der Waals surface area contributed by atoms with E-state index in [1.807, 2.05) is 27.7 Å². The maximum atomic E-state index is 12.1. The van der Waals surface area contributed by atoms with Gasteiger partial charge in [-0.05, 0) is 76.3 Å². The van der Waals surface area contributed by atoms with Crippen LogP contribution < -0.4 is 0 Å². The molecule has 266 valence electrons. The Morgan fingerprint density at radius 2 is 1.02 bits per heavy atom. The molecule has 11 rings (SSSR count). The molecule has 8 saturated heterocycles. The highest BCUT2D eigenvalue weighted by molar-refractivity contribution is 5.74. The highest BCUT2D eigenvalue weighted by Crippen LogP contribution is 2.61. The molecular weight excluding hydrogens is 624 g/mol. The maximum absolute atomic E-state index is 12.1. The van der Waals surface area contributed by atoms with E-state index >= 15 is 0 Å². The smallest absolute Gasteiger partial charge is 0.311 e. The van der Waals surface area contributed by atoms with E-state index in [1.165, 1.54) is 18.2 Å². The summed E-state index contributed by atoms with van der Waals surface area (Å²) in [5, 5.41) is 17.3. The number of hydrogen-bond acceptors (Lipinski definition) is 12. The van der Waals surface area contributed by atoms with Gasteiger partial charge in [0.2, 0.25) is 24.2 Å². The van der Waals surface area contributed by atoms with Gasteiger partial charge in [-0.15, -0.1) is 0 Å². The summed E-state index contributed by atoms with van der Waals surface area (Å²) in [6.45, 7) is 12.1. The van der Waals surface area contributed by atoms with Crippen LogP contribution in [0, 0.1) is 47.3 Å². The van der Waals surface area contributed by atoms with E-state index in [4.69, 9.17) is 48.7 Å². The molecule has 0 radical (unpaired) electrons. The third-order valence-electron chi connectivity index (χ3n) is 12.8. The molecule has 0 aromatic heterocycles. The van der Waals surface area contributed by atoms with Crippen LogP contribution in [0.2, 0.25) is 0 Å². The molecule has 14 atom stereocenters. The second-order valence-corrected chi connectivity index (χ2v) is 15.8. The van der Waals surface area contributed by atoms with Crippen LogP contribution >= 0.6 is 0 Å². The summed E-state index contributed by atoms with van der Waals surface area (Å²) in [7, 11) is 0. The van der Waals surface area contributed by atoms with E-state index in [9.17, 15) is 9.59 Å². The van der Waals surface area contributed by atoms with E-state index < -0.39 is 35.4 Å². The van der Waals surface area contributed by atoms with Gasteiger partial charge in [0.15, 0.2) is 11.2 Å². The fourth-order valence-corrected chi connectivity index (χ4v) is 10.0. The molecular formula is C36H50O12. The summed E-state index contributed by atoms with van der Waals surface area (Å²) in [5.74, 6) is -0.0982. The van der Waals surface area contributed by atoms with Crippen LogP contribution in [0.25, 0.3) is 0 Å². The van der Waals surface area contributed by atoms with Crippen LogP contribution in [0.1, 0.15) is 92.9 Å². The Balaban J connectivity index is 0.000000124. The van der Waals surface area contributed by atoms with Gasteiger partial charge in [0, 0.05) is 42.6 Å². The Hall–Kier alpha value is -2.48. The molecule has 8 heterocycles. The molecule has 2 spiro atoms. The monoisotopic (exact) mass is 674 g/mol. The molecule has 48 heavy (non-hydrogen) atoms. The number of fused-ring (bicyclic) bond motifs is 4. The van der Waals surface area contributed by atoms with Crippen LogP contribution in [0.15, 0.2) is 24.3 Å². The van der Waals surface area contributed by atoms with Gasteiger partial charge < -0.3 is 29.2 Å². The van der Waals surface area contributed by atoms with Gasteiger partial charge in [0.05, 0.1) is 11.8 Å². The predicted molar refractivity (Wildman–Crippen MR) is 166 cm³/mol. The van der Waals surface area contributed by atoms with Crippen molar-refractivity contribution in [3.63, 3.8) is 0 Å². The summed E-state index contributed by atoms with van der Waals surface area (Å²) in [6.07, 6.45) is 6.49. The van der Waals surface area contributed by atoms with Crippen molar-refractivity contribution in [2.24, 2.45) is 47.3 Å². The van der Waals surface area contributed by atoms with E-state index in [0.717, 1.165) is 51.4 Å². The molecule has 8 aliphatic heterocycles. The minimum atomic E-state index is -0.793. The van der Waals surface area contributed by atoms with E-state index in [0.29, 0.717) is 23.7 Å². The lowest BCUT2D eigenvalue weighted by Gasteiger charge is -2.57. The Labute approximate surface area is 281 Å². The Bertz CT molecular complexity index is 1310. The zero-order valence-electron chi connectivity index (χ0n) is 28.7. The third kappa shape index (κ3) is 5.33. The molecule has 10 fully saturated rings. The SMILES string of the molecule is C[C@@H]1CC[C@H]2[C@@H](C)C(=O)O[C@@H]3O[C@@]4(C)CC[C@@H]1[C@]32OO4.C[C@@H]1CC[C@H]2[C@@H](C)C(=O)O[C@@H]3O[C@@]4(C)CC[C@@H]1[C@]32OO4.Oc1cccc(O)c1. The van der Waals surface area contributed by atoms with Crippen molar-refractivity contribution in [3.8, 4) is 11.5 Å². The lowest BCUT2D eigenvalue weighted by Crippen LogP contribution is -2.69. The van der Waals surface area contributed by atoms with Gasteiger partial charge in [-0.2, -0.15) is 0 Å². The number of esters is 2. The first kappa shape index (κ1) is 34.0. The van der Waals surface area contributed by atoms with E-state index in [-0.39, 0.29) is 47.1 Å². The van der Waals surface area contributed by atoms with Crippen molar-refractivity contribution >= 4 is 11.9 Å². The number of benzene rings is 1. The summed E-state index contributed by atoms with van der Waals surface area (Å²) in [6, 6.07) is 5.85. The highest BCUT2D eigenvalue weighted by atomic mass is 17.3. The zero-order chi connectivity index (χ0) is 34.2. The average molecular weight is 675 g/mol. The lowest BCUT2D eigenvalue weighted by molar-refractivity contribution is -0.559. The first-order valence-corrected chi connectivity index (χ1v) is 17.7. The fraction of sp³-hybridized carbons (Fsp3) is 0.778. The van der Waals surface area contributed by atoms with Crippen LogP contribution in [0.5, 0.6) is 11.5 Å². The summed E-state index contributed by atoms with van der Waals surface area (Å²) >= 11 is 0.